The van der Waals surface area contributed by atoms with Crippen molar-refractivity contribution < 1.29 is 24.5 Å². The lowest BCUT2D eigenvalue weighted by atomic mass is 10.0. The molecule has 0 aromatic carbocycles. The quantitative estimate of drug-likeness (QED) is 0.0320. The van der Waals surface area contributed by atoms with E-state index in [9.17, 15) is 19.8 Å². The van der Waals surface area contributed by atoms with E-state index in [1.165, 1.54) is 392 Å². The van der Waals surface area contributed by atoms with Crippen LogP contribution in [-0.2, 0) is 14.3 Å². The van der Waals surface area contributed by atoms with Gasteiger partial charge in [-0.25, -0.2) is 0 Å². The molecule has 0 radical (unpaired) electrons. The highest BCUT2D eigenvalue weighted by atomic mass is 16.5. The van der Waals surface area contributed by atoms with Gasteiger partial charge in [0.05, 0.1) is 25.4 Å². The molecule has 3 N–H and O–H groups in total. The fraction of sp³-hybridized carbons (Fsp3) is 0.951. The van der Waals surface area contributed by atoms with Crippen molar-refractivity contribution in [1.82, 2.24) is 5.32 Å². The summed E-state index contributed by atoms with van der Waals surface area (Å²) in [6, 6.07) is -0.538. The summed E-state index contributed by atoms with van der Waals surface area (Å²) in [7, 11) is 0. The predicted molar refractivity (Wildman–Crippen MR) is 384 cm³/mol. The van der Waals surface area contributed by atoms with Gasteiger partial charge in [-0.05, 0) is 51.4 Å². The standard InChI is InChI=1S/C81H159NO5/c1-3-5-7-9-11-13-15-17-19-20-21-22-36-39-42-46-49-53-57-61-65-69-73-79(84)78(77-83)82-80(85)74-70-66-62-58-54-50-47-43-40-37-34-32-30-28-26-24-23-25-27-29-31-33-35-38-41-44-48-52-56-60-64-68-72-76-87-81(86)75-71-67-63-59-55-51-45-18-16-14-12-10-8-6-4-2/h18,45,78-79,83-84H,3-17,19-44,46-77H2,1-2H3,(H,82,85)/b45-18-. The number of nitrogens with one attached hydrogen (secondary N) is 1. The fourth-order valence-corrected chi connectivity index (χ4v) is 13.2. The number of unbranched alkanes of at least 4 members (excludes halogenated alkanes) is 64. The molecule has 87 heavy (non-hydrogen) atoms. The summed E-state index contributed by atoms with van der Waals surface area (Å²) in [6.07, 6.45) is 97.4. The number of hydrogen-bond acceptors (Lipinski definition) is 5. The Morgan fingerprint density at radius 1 is 0.310 bits per heavy atom. The van der Waals surface area contributed by atoms with E-state index in [2.05, 4.69) is 31.3 Å². The second-order valence-electron chi connectivity index (χ2n) is 28.1. The van der Waals surface area contributed by atoms with Crippen molar-refractivity contribution in [3.05, 3.63) is 12.2 Å². The van der Waals surface area contributed by atoms with E-state index in [1.807, 2.05) is 0 Å². The number of amides is 1. The fourth-order valence-electron chi connectivity index (χ4n) is 13.2. The Kier molecular flexibility index (Phi) is 75.8. The predicted octanol–water partition coefficient (Wildman–Crippen LogP) is 26.7. The molecule has 0 spiro atoms. The Balaban J connectivity index is 3.32. The molecule has 0 saturated carbocycles. The lowest BCUT2D eigenvalue weighted by Crippen LogP contribution is -2.45. The van der Waals surface area contributed by atoms with E-state index in [1.54, 1.807) is 0 Å². The van der Waals surface area contributed by atoms with Crippen molar-refractivity contribution in [3.8, 4) is 0 Å². The first-order valence-electron chi connectivity index (χ1n) is 40.4. The van der Waals surface area contributed by atoms with Gasteiger partial charge in [0.25, 0.3) is 0 Å². The highest BCUT2D eigenvalue weighted by molar-refractivity contribution is 5.76. The minimum atomic E-state index is -0.662. The third-order valence-corrected chi connectivity index (χ3v) is 19.3. The first-order chi connectivity index (χ1) is 43.0. The number of esters is 1. The molecule has 0 aliphatic heterocycles. The summed E-state index contributed by atoms with van der Waals surface area (Å²) in [5.41, 5.74) is 0. The van der Waals surface area contributed by atoms with E-state index < -0.39 is 12.1 Å². The zero-order valence-electron chi connectivity index (χ0n) is 59.5. The Morgan fingerprint density at radius 3 is 0.816 bits per heavy atom. The number of aliphatic hydroxyl groups excluding tert-OH is 2. The van der Waals surface area contributed by atoms with Crippen LogP contribution in [0.5, 0.6) is 0 Å². The summed E-state index contributed by atoms with van der Waals surface area (Å²) in [5.74, 6) is -0.00917. The average Bonchev–Trinajstić information content (AvgIpc) is 3.52. The normalized spacial score (nSPS) is 12.5. The second-order valence-corrected chi connectivity index (χ2v) is 28.1. The van der Waals surface area contributed by atoms with E-state index >= 15 is 0 Å². The molecule has 0 aliphatic rings. The van der Waals surface area contributed by atoms with E-state index in [0.29, 0.717) is 25.9 Å². The minimum absolute atomic E-state index is 0.0150. The van der Waals surface area contributed by atoms with Gasteiger partial charge in [-0.15, -0.1) is 0 Å². The molecule has 518 valence electrons. The number of allylic oxidation sites excluding steroid dienone is 2. The van der Waals surface area contributed by atoms with Crippen LogP contribution in [0.15, 0.2) is 12.2 Å². The van der Waals surface area contributed by atoms with E-state index in [4.69, 9.17) is 4.74 Å². The van der Waals surface area contributed by atoms with Gasteiger partial charge >= 0.3 is 5.97 Å². The zero-order valence-corrected chi connectivity index (χ0v) is 59.5. The van der Waals surface area contributed by atoms with Gasteiger partial charge < -0.3 is 20.3 Å². The summed E-state index contributed by atoms with van der Waals surface area (Å²) < 4.78 is 5.50. The van der Waals surface area contributed by atoms with Crippen LogP contribution < -0.4 is 5.32 Å². The monoisotopic (exact) mass is 1230 g/mol. The molecule has 1 amide bonds. The van der Waals surface area contributed by atoms with Gasteiger partial charge in [-0.1, -0.05) is 418 Å². The van der Waals surface area contributed by atoms with E-state index in [-0.39, 0.29) is 18.5 Å². The van der Waals surface area contributed by atoms with Gasteiger partial charge in [0, 0.05) is 12.8 Å². The zero-order chi connectivity index (χ0) is 62.8. The van der Waals surface area contributed by atoms with Crippen molar-refractivity contribution in [2.45, 2.75) is 482 Å². The van der Waals surface area contributed by atoms with Crippen molar-refractivity contribution in [1.29, 1.82) is 0 Å². The number of ether oxygens (including phenoxy) is 1. The van der Waals surface area contributed by atoms with Crippen molar-refractivity contribution >= 4 is 11.9 Å². The molecule has 0 aromatic rings. The number of aliphatic hydroxyl groups is 2. The second kappa shape index (κ2) is 77.1. The maximum atomic E-state index is 12.6. The number of carbonyl (C=O) groups excluding carboxylic acids is 2. The maximum Gasteiger partial charge on any atom is 0.305 e. The van der Waals surface area contributed by atoms with Crippen LogP contribution in [0.3, 0.4) is 0 Å². The molecule has 0 saturated heterocycles. The maximum absolute atomic E-state index is 12.6. The number of hydrogen-bond donors (Lipinski definition) is 3. The van der Waals surface area contributed by atoms with Crippen LogP contribution in [0.2, 0.25) is 0 Å². The largest absolute Gasteiger partial charge is 0.466 e. The molecular weight excluding hydrogens is 1070 g/mol. The molecule has 6 heteroatoms. The van der Waals surface area contributed by atoms with Gasteiger partial charge in [-0.2, -0.15) is 0 Å². The minimum Gasteiger partial charge on any atom is -0.466 e. The Bertz CT molecular complexity index is 1320. The molecule has 2 atom stereocenters. The van der Waals surface area contributed by atoms with Crippen LogP contribution in [0.1, 0.15) is 470 Å². The van der Waals surface area contributed by atoms with Crippen LogP contribution >= 0.6 is 0 Å². The van der Waals surface area contributed by atoms with Crippen molar-refractivity contribution in [2.24, 2.45) is 0 Å². The lowest BCUT2D eigenvalue weighted by molar-refractivity contribution is -0.143. The van der Waals surface area contributed by atoms with Gasteiger partial charge in [0.15, 0.2) is 0 Å². The van der Waals surface area contributed by atoms with Gasteiger partial charge in [0.2, 0.25) is 5.91 Å². The molecule has 0 bridgehead atoms. The smallest absolute Gasteiger partial charge is 0.305 e. The molecule has 0 fully saturated rings. The van der Waals surface area contributed by atoms with Gasteiger partial charge in [-0.3, -0.25) is 9.59 Å². The van der Waals surface area contributed by atoms with E-state index in [0.717, 1.165) is 44.9 Å². The van der Waals surface area contributed by atoms with Gasteiger partial charge in [0.1, 0.15) is 0 Å². The third kappa shape index (κ3) is 73.5. The number of rotatable bonds is 77. The summed E-state index contributed by atoms with van der Waals surface area (Å²) in [6.45, 7) is 5.00. The van der Waals surface area contributed by atoms with Crippen LogP contribution in [0.25, 0.3) is 0 Å². The van der Waals surface area contributed by atoms with Crippen LogP contribution in [0.4, 0.5) is 0 Å². The topological polar surface area (TPSA) is 95.9 Å². The number of carbonyl (C=O) groups is 2. The Labute approximate surface area is 546 Å². The first kappa shape index (κ1) is 85.6. The first-order valence-corrected chi connectivity index (χ1v) is 40.4. The summed E-state index contributed by atoms with van der Waals surface area (Å²) in [4.78, 5) is 24.7. The SMILES string of the molecule is CCCCCCCC/C=C\CCCCCCCC(=O)OCCCCCCCCCCCCCCCCCCCCCCCCCCCCCCCCCCCC(=O)NC(CO)C(O)CCCCCCCCCCCCCCCCCCCCCCCC. The average molecular weight is 1230 g/mol. The summed E-state index contributed by atoms with van der Waals surface area (Å²) >= 11 is 0. The molecule has 0 aliphatic carbocycles. The molecule has 0 heterocycles. The highest BCUT2D eigenvalue weighted by Crippen LogP contribution is 2.21. The Morgan fingerprint density at radius 2 is 0.540 bits per heavy atom. The molecular formula is C81H159NO5. The Hall–Kier alpha value is -1.40. The third-order valence-electron chi connectivity index (χ3n) is 19.3. The molecule has 0 aromatic heterocycles. The summed E-state index contributed by atoms with van der Waals surface area (Å²) in [5, 5.41) is 23.5. The molecule has 6 nitrogen and oxygen atoms in total. The van der Waals surface area contributed by atoms with Crippen molar-refractivity contribution in [2.75, 3.05) is 13.2 Å². The molecule has 2 unspecified atom stereocenters. The lowest BCUT2D eigenvalue weighted by Gasteiger charge is -2.22. The highest BCUT2D eigenvalue weighted by Gasteiger charge is 2.20. The van der Waals surface area contributed by atoms with Crippen LogP contribution in [-0.4, -0.2) is 47.4 Å². The van der Waals surface area contributed by atoms with Crippen LogP contribution in [0, 0.1) is 0 Å². The molecule has 0 rings (SSSR count). The van der Waals surface area contributed by atoms with Crippen molar-refractivity contribution in [3.63, 3.8) is 0 Å².